The number of nitrogens with zero attached hydrogens (tertiary/aromatic N) is 3. The van der Waals surface area contributed by atoms with Crippen molar-refractivity contribution >= 4 is 11.9 Å². The second-order valence-electron chi connectivity index (χ2n) is 7.37. The summed E-state index contributed by atoms with van der Waals surface area (Å²) in [5.41, 5.74) is 4.11. The van der Waals surface area contributed by atoms with Crippen LogP contribution in [0.15, 0.2) is 59.0 Å². The normalized spacial score (nSPS) is 10.7. The number of aromatic amines is 1. The molecule has 2 N–H and O–H groups in total. The van der Waals surface area contributed by atoms with Crippen LogP contribution in [0.4, 0.5) is 0 Å². The van der Waals surface area contributed by atoms with E-state index in [-0.39, 0.29) is 31.3 Å². The van der Waals surface area contributed by atoms with Gasteiger partial charge in [-0.05, 0) is 29.8 Å². The van der Waals surface area contributed by atoms with Crippen LogP contribution < -0.4 is 5.32 Å². The first-order chi connectivity index (χ1) is 16.0. The second-order valence-corrected chi connectivity index (χ2v) is 7.37. The third-order valence-corrected chi connectivity index (χ3v) is 4.99. The lowest BCUT2D eigenvalue weighted by Gasteiger charge is -2.07. The monoisotopic (exact) mass is 445 g/mol. The molecule has 0 spiro atoms. The van der Waals surface area contributed by atoms with E-state index in [9.17, 15) is 9.59 Å². The molecule has 0 aliphatic heterocycles. The van der Waals surface area contributed by atoms with Gasteiger partial charge in [0.15, 0.2) is 5.76 Å². The quantitative estimate of drug-likeness (QED) is 0.312. The number of furan rings is 1. The molecule has 0 unspecified atom stereocenters. The number of amides is 1. The molecule has 0 saturated carbocycles. The van der Waals surface area contributed by atoms with Crippen LogP contribution in [-0.4, -0.2) is 45.7 Å². The zero-order valence-corrected chi connectivity index (χ0v) is 18.3. The molecular weight excluding hydrogens is 422 g/mol. The first-order valence-corrected chi connectivity index (χ1v) is 10.5. The zero-order chi connectivity index (χ0) is 23.2. The summed E-state index contributed by atoms with van der Waals surface area (Å²) in [5, 5.41) is 16.8. The van der Waals surface area contributed by atoms with Gasteiger partial charge < -0.3 is 14.5 Å². The molecule has 0 radical (unpaired) electrons. The summed E-state index contributed by atoms with van der Waals surface area (Å²) < 4.78 is 11.0. The van der Waals surface area contributed by atoms with Gasteiger partial charge in [0.2, 0.25) is 5.82 Å². The minimum absolute atomic E-state index is 0.0899. The third-order valence-electron chi connectivity index (χ3n) is 4.99. The Labute approximate surface area is 190 Å². The van der Waals surface area contributed by atoms with Crippen LogP contribution in [-0.2, 0) is 9.53 Å². The average Bonchev–Trinajstić information content (AvgIpc) is 3.53. The Balaban J connectivity index is 1.66. The van der Waals surface area contributed by atoms with Crippen LogP contribution in [0.1, 0.15) is 29.5 Å². The molecule has 2 heterocycles. The highest BCUT2D eigenvalue weighted by Crippen LogP contribution is 2.34. The number of ether oxygens (including phenoxy) is 1. The topological polar surface area (TPSA) is 123 Å². The van der Waals surface area contributed by atoms with Gasteiger partial charge in [-0.2, -0.15) is 5.21 Å². The minimum atomic E-state index is -0.402. The van der Waals surface area contributed by atoms with Crippen LogP contribution in [0.5, 0.6) is 0 Å². The fraction of sp³-hybridized carbons (Fsp3) is 0.208. The molecule has 0 aliphatic carbocycles. The van der Waals surface area contributed by atoms with Crippen LogP contribution in [0.2, 0.25) is 0 Å². The van der Waals surface area contributed by atoms with E-state index < -0.39 is 5.91 Å². The number of hydrogen-bond donors (Lipinski definition) is 2. The maximum Gasteiger partial charge on any atom is 0.305 e. The lowest BCUT2D eigenvalue weighted by Crippen LogP contribution is -2.28. The maximum atomic E-state index is 13.0. The molecule has 2 aromatic carbocycles. The van der Waals surface area contributed by atoms with E-state index in [1.165, 1.54) is 0 Å². The van der Waals surface area contributed by atoms with Crippen molar-refractivity contribution in [3.8, 4) is 33.8 Å². The summed E-state index contributed by atoms with van der Waals surface area (Å²) in [6, 6.07) is 17.2. The number of benzene rings is 2. The molecule has 33 heavy (non-hydrogen) atoms. The number of hydrogen-bond acceptors (Lipinski definition) is 7. The lowest BCUT2D eigenvalue weighted by atomic mass is 10.0. The summed E-state index contributed by atoms with van der Waals surface area (Å²) in [6.45, 7) is 3.98. The predicted octanol–water partition coefficient (Wildman–Crippen LogP) is 3.79. The van der Waals surface area contributed by atoms with Gasteiger partial charge in [0.05, 0.1) is 6.54 Å². The van der Waals surface area contributed by atoms with Crippen molar-refractivity contribution in [2.24, 2.45) is 0 Å². The summed E-state index contributed by atoms with van der Waals surface area (Å²) in [5.74, 6) is 0.460. The van der Waals surface area contributed by atoms with Crippen molar-refractivity contribution in [2.75, 3.05) is 13.2 Å². The van der Waals surface area contributed by atoms with E-state index in [1.54, 1.807) is 6.92 Å². The van der Waals surface area contributed by atoms with E-state index in [2.05, 4.69) is 25.9 Å². The van der Waals surface area contributed by atoms with Crippen molar-refractivity contribution < 1.29 is 18.7 Å². The van der Waals surface area contributed by atoms with Crippen molar-refractivity contribution in [1.29, 1.82) is 0 Å². The average molecular weight is 445 g/mol. The van der Waals surface area contributed by atoms with E-state index in [4.69, 9.17) is 9.15 Å². The Morgan fingerprint density at radius 1 is 1.06 bits per heavy atom. The molecule has 0 atom stereocenters. The first-order valence-electron chi connectivity index (χ1n) is 10.5. The van der Waals surface area contributed by atoms with Gasteiger partial charge in [-0.25, -0.2) is 0 Å². The molecule has 0 aliphatic rings. The van der Waals surface area contributed by atoms with Crippen LogP contribution >= 0.6 is 0 Å². The summed E-state index contributed by atoms with van der Waals surface area (Å²) in [6.07, 6.45) is 0.285. The number of carbonyl (C=O) groups is 2. The number of carbonyl (C=O) groups excluding carboxylic acids is 2. The van der Waals surface area contributed by atoms with Crippen LogP contribution in [0, 0.1) is 6.92 Å². The fourth-order valence-electron chi connectivity index (χ4n) is 3.26. The SMILES string of the molecule is CCC(=O)OCCNC(=O)c1oc(-c2ccc(C)cc2)cc1-c1cccc(-c2nn[nH]n2)c1. The number of rotatable bonds is 8. The zero-order valence-electron chi connectivity index (χ0n) is 18.3. The maximum absolute atomic E-state index is 13.0. The molecule has 1 amide bonds. The van der Waals surface area contributed by atoms with Crippen molar-refractivity contribution in [3.63, 3.8) is 0 Å². The molecule has 0 bridgehead atoms. The Hall–Kier alpha value is -4.27. The van der Waals surface area contributed by atoms with Crippen molar-refractivity contribution in [1.82, 2.24) is 25.9 Å². The summed E-state index contributed by atoms with van der Waals surface area (Å²) in [4.78, 5) is 24.3. The second kappa shape index (κ2) is 9.90. The first kappa shape index (κ1) is 21.9. The van der Waals surface area contributed by atoms with E-state index in [1.807, 2.05) is 61.5 Å². The lowest BCUT2D eigenvalue weighted by molar-refractivity contribution is -0.143. The molecule has 168 valence electrons. The van der Waals surface area contributed by atoms with E-state index in [0.29, 0.717) is 17.1 Å². The Kier molecular flexibility index (Phi) is 6.58. The van der Waals surface area contributed by atoms with Crippen LogP contribution in [0.3, 0.4) is 0 Å². The summed E-state index contributed by atoms with van der Waals surface area (Å²) in [7, 11) is 0. The predicted molar refractivity (Wildman–Crippen MR) is 121 cm³/mol. The molecule has 2 aromatic heterocycles. The smallest absolute Gasteiger partial charge is 0.305 e. The molecule has 9 nitrogen and oxygen atoms in total. The fourth-order valence-corrected chi connectivity index (χ4v) is 3.26. The van der Waals surface area contributed by atoms with Gasteiger partial charge in [0, 0.05) is 23.1 Å². The minimum Gasteiger partial charge on any atom is -0.464 e. The van der Waals surface area contributed by atoms with Gasteiger partial charge >= 0.3 is 5.97 Å². The van der Waals surface area contributed by atoms with Crippen molar-refractivity contribution in [2.45, 2.75) is 20.3 Å². The van der Waals surface area contributed by atoms with Gasteiger partial charge in [-0.3, -0.25) is 9.59 Å². The largest absolute Gasteiger partial charge is 0.464 e. The number of esters is 1. The highest BCUT2D eigenvalue weighted by Gasteiger charge is 2.21. The summed E-state index contributed by atoms with van der Waals surface area (Å²) >= 11 is 0. The van der Waals surface area contributed by atoms with E-state index >= 15 is 0 Å². The number of H-pyrrole nitrogens is 1. The van der Waals surface area contributed by atoms with Crippen LogP contribution in [0.25, 0.3) is 33.8 Å². The molecule has 4 rings (SSSR count). The molecule has 9 heteroatoms. The van der Waals surface area contributed by atoms with Gasteiger partial charge in [0.1, 0.15) is 12.4 Å². The molecule has 0 fully saturated rings. The number of tetrazole rings is 1. The Bertz CT molecular complexity index is 1250. The molecule has 0 saturated heterocycles. The Morgan fingerprint density at radius 2 is 1.85 bits per heavy atom. The highest BCUT2D eigenvalue weighted by atomic mass is 16.5. The third kappa shape index (κ3) is 5.15. The van der Waals surface area contributed by atoms with Crippen molar-refractivity contribution in [3.05, 3.63) is 65.9 Å². The molecule has 4 aromatic rings. The standard InChI is InChI=1S/C24H23N5O4/c1-3-21(30)32-12-11-25-24(31)22-19(14-20(33-22)16-9-7-15(2)8-10-16)17-5-4-6-18(13-17)23-26-28-29-27-23/h4-10,13-14H,3,11-12H2,1-2H3,(H,25,31)(H,26,27,28,29). The van der Waals surface area contributed by atoms with Gasteiger partial charge in [-0.1, -0.05) is 55.0 Å². The Morgan fingerprint density at radius 3 is 2.58 bits per heavy atom. The van der Waals surface area contributed by atoms with E-state index in [0.717, 1.165) is 22.3 Å². The molecular formula is C24H23N5O4. The highest BCUT2D eigenvalue weighted by molar-refractivity contribution is 5.99. The van der Waals surface area contributed by atoms with Gasteiger partial charge in [0.25, 0.3) is 5.91 Å². The number of nitrogens with one attached hydrogen (secondary N) is 2. The number of aryl methyl sites for hydroxylation is 1. The number of aromatic nitrogens is 4. The van der Waals surface area contributed by atoms with Gasteiger partial charge in [-0.15, -0.1) is 10.2 Å².